The molecular formula is C8H11N2O3+. The van der Waals surface area contributed by atoms with Crippen LogP contribution in [0.4, 0.5) is 5.69 Å². The van der Waals surface area contributed by atoms with Crippen molar-refractivity contribution in [3.05, 3.63) is 29.8 Å². The molecule has 0 fully saturated rings. The number of rotatable bonds is 3. The summed E-state index contributed by atoms with van der Waals surface area (Å²) in [4.78, 5) is 10.5. The van der Waals surface area contributed by atoms with Gasteiger partial charge in [0.1, 0.15) is 0 Å². The van der Waals surface area contributed by atoms with Gasteiger partial charge in [-0.05, 0) is 12.1 Å². The molecule has 1 atom stereocenters. The van der Waals surface area contributed by atoms with E-state index in [0.29, 0.717) is 5.69 Å². The van der Waals surface area contributed by atoms with Crippen LogP contribution in [0.2, 0.25) is 0 Å². The first-order valence-electron chi connectivity index (χ1n) is 3.72. The van der Waals surface area contributed by atoms with Crippen LogP contribution in [0, 0.1) is 0 Å². The molecule has 0 heterocycles. The minimum absolute atomic E-state index is 0.0249. The molecule has 0 bridgehead atoms. The Hall–Kier alpha value is -1.43. The van der Waals surface area contributed by atoms with Gasteiger partial charge < -0.3 is 5.11 Å². The molecule has 1 aromatic rings. The van der Waals surface area contributed by atoms with E-state index in [1.54, 1.807) is 7.05 Å². The van der Waals surface area contributed by atoms with E-state index in [9.17, 15) is 10.0 Å². The molecule has 0 saturated heterocycles. The summed E-state index contributed by atoms with van der Waals surface area (Å²) in [5.74, 6) is -0.976. The highest BCUT2D eigenvalue weighted by molar-refractivity contribution is 5.87. The van der Waals surface area contributed by atoms with Crippen molar-refractivity contribution in [1.29, 1.82) is 0 Å². The highest BCUT2D eigenvalue weighted by atomic mass is 16.5. The molecule has 0 aliphatic carbocycles. The molecule has 1 rings (SSSR count). The molecule has 0 aliphatic rings. The molecule has 0 aromatic heterocycles. The van der Waals surface area contributed by atoms with Gasteiger partial charge in [-0.1, -0.05) is 5.17 Å². The lowest BCUT2D eigenvalue weighted by atomic mass is 10.2. The maximum absolute atomic E-state index is 10.5. The Balaban J connectivity index is 2.87. The maximum atomic E-state index is 10.5. The third-order valence-corrected chi connectivity index (χ3v) is 1.64. The molecule has 0 aliphatic heterocycles. The van der Waals surface area contributed by atoms with Crippen molar-refractivity contribution in [3.63, 3.8) is 0 Å². The van der Waals surface area contributed by atoms with E-state index in [1.165, 1.54) is 24.3 Å². The Morgan fingerprint density at radius 3 is 2.31 bits per heavy atom. The van der Waals surface area contributed by atoms with Crippen LogP contribution >= 0.6 is 0 Å². The second-order valence-corrected chi connectivity index (χ2v) is 2.48. The largest absolute Gasteiger partial charge is 0.478 e. The van der Waals surface area contributed by atoms with Crippen LogP contribution in [0.5, 0.6) is 0 Å². The first-order chi connectivity index (χ1) is 6.15. The maximum Gasteiger partial charge on any atom is 0.335 e. The van der Waals surface area contributed by atoms with E-state index in [-0.39, 0.29) is 10.7 Å². The van der Waals surface area contributed by atoms with Gasteiger partial charge >= 0.3 is 5.97 Å². The number of carbonyl (C=O) groups is 1. The number of hydrogen-bond acceptors (Lipinski definition) is 3. The number of nitrogens with one attached hydrogen (secondary N) is 2. The van der Waals surface area contributed by atoms with Gasteiger partial charge in [0.25, 0.3) is 0 Å². The first kappa shape index (κ1) is 9.66. The minimum Gasteiger partial charge on any atom is -0.478 e. The average molecular weight is 183 g/mol. The van der Waals surface area contributed by atoms with Crippen molar-refractivity contribution in [2.45, 2.75) is 0 Å². The summed E-state index contributed by atoms with van der Waals surface area (Å²) in [5, 5.41) is 17.8. The fourth-order valence-corrected chi connectivity index (χ4v) is 0.915. The zero-order valence-corrected chi connectivity index (χ0v) is 7.11. The van der Waals surface area contributed by atoms with Crippen LogP contribution in [-0.4, -0.2) is 23.3 Å². The second-order valence-electron chi connectivity index (χ2n) is 2.48. The zero-order valence-electron chi connectivity index (χ0n) is 7.11. The van der Waals surface area contributed by atoms with Crippen LogP contribution in [0.1, 0.15) is 10.4 Å². The van der Waals surface area contributed by atoms with Gasteiger partial charge in [0.15, 0.2) is 5.69 Å². The standard InChI is InChI=1S/C8H10N2O3/c1-9-10(13)7-4-2-6(3-5-7)8(11)12/h2-5,9,13H,1H3,(H,11,12)/p+1. The molecule has 0 radical (unpaired) electrons. The Kier molecular flexibility index (Phi) is 2.97. The van der Waals surface area contributed by atoms with Crippen molar-refractivity contribution in [1.82, 2.24) is 5.43 Å². The summed E-state index contributed by atoms with van der Waals surface area (Å²) in [7, 11) is 1.58. The van der Waals surface area contributed by atoms with E-state index in [4.69, 9.17) is 5.11 Å². The van der Waals surface area contributed by atoms with E-state index in [0.717, 1.165) is 0 Å². The van der Waals surface area contributed by atoms with Gasteiger partial charge in [-0.25, -0.2) is 4.79 Å². The van der Waals surface area contributed by atoms with Gasteiger partial charge in [0, 0.05) is 19.2 Å². The van der Waals surface area contributed by atoms with E-state index < -0.39 is 5.97 Å². The molecule has 4 N–H and O–H groups in total. The van der Waals surface area contributed by atoms with E-state index in [2.05, 4.69) is 5.43 Å². The van der Waals surface area contributed by atoms with Crippen molar-refractivity contribution in [3.8, 4) is 0 Å². The summed E-state index contributed by atoms with van der Waals surface area (Å²) < 4.78 is 0. The molecule has 0 saturated carbocycles. The van der Waals surface area contributed by atoms with Crippen LogP contribution in [0.25, 0.3) is 0 Å². The molecular weight excluding hydrogens is 172 g/mol. The van der Waals surface area contributed by atoms with Crippen LogP contribution in [0.15, 0.2) is 24.3 Å². The first-order valence-corrected chi connectivity index (χ1v) is 3.72. The summed E-state index contributed by atoms with van der Waals surface area (Å²) >= 11 is 0. The predicted octanol–water partition coefficient (Wildman–Crippen LogP) is -0.575. The minimum atomic E-state index is -0.976. The van der Waals surface area contributed by atoms with Crippen molar-refractivity contribution in [2.75, 3.05) is 7.05 Å². The monoisotopic (exact) mass is 183 g/mol. The second kappa shape index (κ2) is 3.99. The quantitative estimate of drug-likeness (QED) is 0.473. The zero-order chi connectivity index (χ0) is 9.84. The molecule has 1 unspecified atom stereocenters. The Morgan fingerprint density at radius 2 is 1.92 bits per heavy atom. The van der Waals surface area contributed by atoms with Crippen molar-refractivity contribution < 1.29 is 20.3 Å². The smallest absolute Gasteiger partial charge is 0.335 e. The highest BCUT2D eigenvalue weighted by Gasteiger charge is 2.08. The summed E-state index contributed by atoms with van der Waals surface area (Å²) in [6.45, 7) is 0. The SMILES string of the molecule is CN[NH+](O)c1ccc(C(=O)O)cc1. The fourth-order valence-electron chi connectivity index (χ4n) is 0.915. The fraction of sp³-hybridized carbons (Fsp3) is 0.125. The molecule has 5 nitrogen and oxygen atoms in total. The number of carboxylic acid groups (broad SMARTS) is 1. The van der Waals surface area contributed by atoms with Gasteiger partial charge in [0.05, 0.1) is 5.56 Å². The van der Waals surface area contributed by atoms with Crippen LogP contribution < -0.4 is 10.6 Å². The lowest BCUT2D eigenvalue weighted by Gasteiger charge is -2.06. The Bertz CT molecular complexity index is 297. The van der Waals surface area contributed by atoms with Crippen LogP contribution in [0.3, 0.4) is 0 Å². The lowest BCUT2D eigenvalue weighted by molar-refractivity contribution is -1.07. The van der Waals surface area contributed by atoms with Gasteiger partial charge in [-0.2, -0.15) is 5.21 Å². The van der Waals surface area contributed by atoms with Gasteiger partial charge in [0.2, 0.25) is 0 Å². The molecule has 0 amide bonds. The van der Waals surface area contributed by atoms with E-state index >= 15 is 0 Å². The van der Waals surface area contributed by atoms with Crippen molar-refractivity contribution in [2.24, 2.45) is 0 Å². The molecule has 0 spiro atoms. The summed E-state index contributed by atoms with van der Waals surface area (Å²) in [5.41, 5.74) is 3.32. The summed E-state index contributed by atoms with van der Waals surface area (Å²) in [6, 6.07) is 5.95. The normalized spacial score (nSPS) is 12.5. The Morgan fingerprint density at radius 1 is 1.38 bits per heavy atom. The third kappa shape index (κ3) is 2.25. The predicted molar refractivity (Wildman–Crippen MR) is 44.9 cm³/mol. The highest BCUT2D eigenvalue weighted by Crippen LogP contribution is 2.04. The summed E-state index contributed by atoms with van der Waals surface area (Å²) in [6.07, 6.45) is 0. The molecule has 70 valence electrons. The number of carboxylic acids is 1. The lowest BCUT2D eigenvalue weighted by Crippen LogP contribution is -3.11. The van der Waals surface area contributed by atoms with Gasteiger partial charge in [-0.15, -0.1) is 5.43 Å². The number of hydrogen-bond donors (Lipinski definition) is 4. The van der Waals surface area contributed by atoms with Crippen molar-refractivity contribution >= 4 is 11.7 Å². The van der Waals surface area contributed by atoms with Gasteiger partial charge in [-0.3, -0.25) is 0 Å². The number of aromatic carboxylic acids is 1. The number of quaternary nitrogens is 1. The topological polar surface area (TPSA) is 74.0 Å². The molecule has 5 heteroatoms. The molecule has 13 heavy (non-hydrogen) atoms. The Labute approximate surface area is 75.1 Å². The average Bonchev–Trinajstić information content (AvgIpc) is 2.17. The van der Waals surface area contributed by atoms with Crippen LogP contribution in [-0.2, 0) is 0 Å². The number of benzene rings is 1. The third-order valence-electron chi connectivity index (χ3n) is 1.64. The van der Waals surface area contributed by atoms with E-state index in [1.807, 2.05) is 0 Å². The molecule has 1 aromatic carbocycles.